The third-order valence-electron chi connectivity index (χ3n) is 6.33. The number of carbonyl (C=O) groups is 2. The van der Waals surface area contributed by atoms with Gasteiger partial charge in [0.25, 0.3) is 5.56 Å². The number of rotatable bonds is 6. The molecule has 6 rings (SSSR count). The van der Waals surface area contributed by atoms with Crippen LogP contribution in [0.3, 0.4) is 0 Å². The molecule has 2 amide bonds. The molecule has 2 aliphatic heterocycles. The number of hydrogen-bond donors (Lipinski definition) is 2. The van der Waals surface area contributed by atoms with Gasteiger partial charge in [-0.25, -0.2) is 4.98 Å². The van der Waals surface area contributed by atoms with Crippen LogP contribution in [0.25, 0.3) is 10.3 Å². The zero-order valence-corrected chi connectivity index (χ0v) is 19.7. The van der Waals surface area contributed by atoms with Crippen LogP contribution in [0.2, 0.25) is 0 Å². The zero-order chi connectivity index (χ0) is 23.9. The fraction of sp³-hybridized carbons (Fsp3) is 0.435. The van der Waals surface area contributed by atoms with Crippen LogP contribution in [0.15, 0.2) is 29.3 Å². The summed E-state index contributed by atoms with van der Waals surface area (Å²) in [5.41, 5.74) is 0.582. The van der Waals surface area contributed by atoms with E-state index in [0.717, 1.165) is 32.2 Å². The maximum Gasteiger partial charge on any atom is 0.273 e. The molecular weight excluding hydrogens is 472 g/mol. The molecule has 1 aromatic carbocycles. The second-order valence-corrected chi connectivity index (χ2v) is 9.99. The molecule has 11 nitrogen and oxygen atoms in total. The Kier molecular flexibility index (Phi) is 5.51. The van der Waals surface area contributed by atoms with Crippen molar-refractivity contribution >= 4 is 44.3 Å². The van der Waals surface area contributed by atoms with Crippen LogP contribution in [0.4, 0.5) is 10.8 Å². The number of ether oxygens (including phenoxy) is 2. The minimum atomic E-state index is -0.364. The largest absolute Gasteiger partial charge is 0.454 e. The van der Waals surface area contributed by atoms with Crippen LogP contribution in [0, 0.1) is 5.92 Å². The minimum Gasteiger partial charge on any atom is -0.454 e. The Morgan fingerprint density at radius 2 is 2.03 bits per heavy atom. The molecule has 1 atom stereocenters. The highest BCUT2D eigenvalue weighted by atomic mass is 32.1. The van der Waals surface area contributed by atoms with E-state index in [4.69, 9.17) is 9.47 Å². The lowest BCUT2D eigenvalue weighted by Gasteiger charge is -2.31. The Hall–Kier alpha value is -3.67. The van der Waals surface area contributed by atoms with Gasteiger partial charge in [-0.1, -0.05) is 11.3 Å². The quantitative estimate of drug-likeness (QED) is 0.528. The second-order valence-electron chi connectivity index (χ2n) is 9.01. The number of anilines is 2. The summed E-state index contributed by atoms with van der Waals surface area (Å²) in [6, 6.07) is 5.45. The molecule has 1 saturated carbocycles. The molecule has 12 heteroatoms. The van der Waals surface area contributed by atoms with Crippen LogP contribution in [0.1, 0.15) is 25.7 Å². The minimum absolute atomic E-state index is 0.0825. The number of benzene rings is 1. The van der Waals surface area contributed by atoms with Gasteiger partial charge in [0.2, 0.25) is 18.6 Å². The van der Waals surface area contributed by atoms with Gasteiger partial charge in [-0.15, -0.1) is 0 Å². The van der Waals surface area contributed by atoms with E-state index in [-0.39, 0.29) is 36.6 Å². The third kappa shape index (κ3) is 4.53. The molecule has 0 spiro atoms. The summed E-state index contributed by atoms with van der Waals surface area (Å²) >= 11 is 1.25. The SMILES string of the molecule is O=C(Cn1cnc2nc(N3CCC[C@H](C(=O)NC4CC4)C3)sc2c1=O)Nc1ccc2c(c1)OCO2. The predicted octanol–water partition coefficient (Wildman–Crippen LogP) is 1.72. The van der Waals surface area contributed by atoms with Crippen molar-refractivity contribution in [1.29, 1.82) is 0 Å². The standard InChI is InChI=1S/C23H24N6O5S/c30-18(25-15-5-6-16-17(8-15)34-12-33-16)10-29-11-24-20-19(22(29)32)35-23(27-20)28-7-1-2-13(9-28)21(31)26-14-3-4-14/h5-6,8,11,13-14H,1-4,7,9-10,12H2,(H,25,30)(H,26,31)/t13-/m0/s1. The van der Waals surface area contributed by atoms with E-state index in [2.05, 4.69) is 25.5 Å². The van der Waals surface area contributed by atoms with Crippen molar-refractivity contribution in [3.63, 3.8) is 0 Å². The van der Waals surface area contributed by atoms with Crippen LogP contribution in [0.5, 0.6) is 11.5 Å². The summed E-state index contributed by atoms with van der Waals surface area (Å²) in [5.74, 6) is 0.842. The van der Waals surface area contributed by atoms with Crippen molar-refractivity contribution in [2.45, 2.75) is 38.3 Å². The van der Waals surface area contributed by atoms with Crippen LogP contribution < -0.4 is 30.6 Å². The summed E-state index contributed by atoms with van der Waals surface area (Å²) in [5, 5.41) is 6.53. The first-order chi connectivity index (χ1) is 17.0. The monoisotopic (exact) mass is 496 g/mol. The van der Waals surface area contributed by atoms with Crippen molar-refractivity contribution in [3.05, 3.63) is 34.9 Å². The Morgan fingerprint density at radius 1 is 1.17 bits per heavy atom. The number of piperidine rings is 1. The molecule has 0 unspecified atom stereocenters. The van der Waals surface area contributed by atoms with Gasteiger partial charge in [0.1, 0.15) is 17.6 Å². The number of aromatic nitrogens is 3. The second kappa shape index (κ2) is 8.84. The van der Waals surface area contributed by atoms with Gasteiger partial charge in [-0.05, 0) is 37.8 Å². The molecule has 0 radical (unpaired) electrons. The molecule has 182 valence electrons. The Bertz CT molecular complexity index is 1370. The molecule has 2 fully saturated rings. The zero-order valence-electron chi connectivity index (χ0n) is 18.9. The molecule has 1 aliphatic carbocycles. The van der Waals surface area contributed by atoms with Crippen LogP contribution in [-0.4, -0.2) is 52.3 Å². The number of fused-ring (bicyclic) bond motifs is 2. The predicted molar refractivity (Wildman–Crippen MR) is 129 cm³/mol. The summed E-state index contributed by atoms with van der Waals surface area (Å²) in [4.78, 5) is 49.1. The fourth-order valence-corrected chi connectivity index (χ4v) is 5.33. The number of nitrogens with one attached hydrogen (secondary N) is 2. The third-order valence-corrected chi connectivity index (χ3v) is 7.42. The highest BCUT2D eigenvalue weighted by Crippen LogP contribution is 2.34. The first kappa shape index (κ1) is 21.8. The number of amides is 2. The van der Waals surface area contributed by atoms with Crippen LogP contribution >= 0.6 is 11.3 Å². The molecule has 2 aromatic heterocycles. The lowest BCUT2D eigenvalue weighted by Crippen LogP contribution is -2.43. The molecule has 3 aliphatic rings. The average Bonchev–Trinajstić information content (AvgIpc) is 3.37. The van der Waals surface area contributed by atoms with Gasteiger partial charge < -0.3 is 25.0 Å². The smallest absolute Gasteiger partial charge is 0.273 e. The van der Waals surface area contributed by atoms with E-state index in [1.807, 2.05) is 0 Å². The van der Waals surface area contributed by atoms with Gasteiger partial charge >= 0.3 is 0 Å². The lowest BCUT2D eigenvalue weighted by atomic mass is 9.97. The Morgan fingerprint density at radius 3 is 2.89 bits per heavy atom. The van der Waals surface area contributed by atoms with E-state index in [0.29, 0.717) is 45.3 Å². The van der Waals surface area contributed by atoms with Gasteiger partial charge in [-0.3, -0.25) is 19.0 Å². The highest BCUT2D eigenvalue weighted by molar-refractivity contribution is 7.22. The molecule has 1 saturated heterocycles. The first-order valence-corrected chi connectivity index (χ1v) is 12.5. The van der Waals surface area contributed by atoms with Crippen molar-refractivity contribution in [2.75, 3.05) is 30.1 Å². The number of hydrogen-bond acceptors (Lipinski definition) is 9. The van der Waals surface area contributed by atoms with Crippen molar-refractivity contribution in [1.82, 2.24) is 19.9 Å². The number of nitrogens with zero attached hydrogens (tertiary/aromatic N) is 4. The van der Waals surface area contributed by atoms with E-state index >= 15 is 0 Å². The number of carbonyl (C=O) groups excluding carboxylic acids is 2. The molecule has 35 heavy (non-hydrogen) atoms. The summed E-state index contributed by atoms with van der Waals surface area (Å²) in [7, 11) is 0. The molecular formula is C23H24N6O5S. The van der Waals surface area contributed by atoms with E-state index in [9.17, 15) is 14.4 Å². The average molecular weight is 497 g/mol. The topological polar surface area (TPSA) is 128 Å². The summed E-state index contributed by atoms with van der Waals surface area (Å²) in [6.45, 7) is 1.32. The van der Waals surface area contributed by atoms with E-state index < -0.39 is 0 Å². The molecule has 4 heterocycles. The van der Waals surface area contributed by atoms with Gasteiger partial charge in [0.15, 0.2) is 22.3 Å². The maximum absolute atomic E-state index is 13.1. The molecule has 3 aromatic rings. The van der Waals surface area contributed by atoms with Gasteiger partial charge in [0, 0.05) is 30.9 Å². The highest BCUT2D eigenvalue weighted by Gasteiger charge is 2.31. The van der Waals surface area contributed by atoms with Crippen molar-refractivity contribution < 1.29 is 19.1 Å². The molecule has 2 N–H and O–H groups in total. The van der Waals surface area contributed by atoms with Gasteiger partial charge in [-0.2, -0.15) is 4.98 Å². The van der Waals surface area contributed by atoms with Crippen molar-refractivity contribution in [3.8, 4) is 11.5 Å². The number of thiazole rings is 1. The molecule has 0 bridgehead atoms. The first-order valence-electron chi connectivity index (χ1n) is 11.6. The summed E-state index contributed by atoms with van der Waals surface area (Å²) in [6.07, 6.45) is 5.20. The van der Waals surface area contributed by atoms with Crippen molar-refractivity contribution in [2.24, 2.45) is 5.92 Å². The maximum atomic E-state index is 13.1. The Balaban J connectivity index is 1.15. The van der Waals surface area contributed by atoms with E-state index in [1.54, 1.807) is 18.2 Å². The van der Waals surface area contributed by atoms with Gasteiger partial charge in [0.05, 0.1) is 5.92 Å². The lowest BCUT2D eigenvalue weighted by molar-refractivity contribution is -0.125. The normalized spacial score (nSPS) is 19.1. The van der Waals surface area contributed by atoms with E-state index in [1.165, 1.54) is 22.2 Å². The fourth-order valence-electron chi connectivity index (χ4n) is 4.32. The summed E-state index contributed by atoms with van der Waals surface area (Å²) < 4.78 is 12.3. The van der Waals surface area contributed by atoms with Crippen LogP contribution in [-0.2, 0) is 16.1 Å². The Labute approximate surface area is 204 Å².